The van der Waals surface area contributed by atoms with Gasteiger partial charge in [0.2, 0.25) is 0 Å². The van der Waals surface area contributed by atoms with Crippen molar-refractivity contribution in [2.24, 2.45) is 0 Å². The standard InChI is InChI=1S/C13H12F3N3/c1-8-4-5-9(7-10(8)13(14,15)16)19-11-3-2-6-18-12(11)17/h2-7,19H,1H3,(H2,17,18). The minimum atomic E-state index is -4.37. The molecule has 0 bridgehead atoms. The van der Waals surface area contributed by atoms with Crippen molar-refractivity contribution in [1.82, 2.24) is 4.98 Å². The van der Waals surface area contributed by atoms with Crippen molar-refractivity contribution < 1.29 is 13.2 Å². The van der Waals surface area contributed by atoms with Crippen molar-refractivity contribution in [3.8, 4) is 0 Å². The van der Waals surface area contributed by atoms with Crippen LogP contribution in [0.25, 0.3) is 0 Å². The quantitative estimate of drug-likeness (QED) is 0.871. The molecule has 0 aliphatic heterocycles. The lowest BCUT2D eigenvalue weighted by Crippen LogP contribution is -2.08. The molecule has 0 saturated carbocycles. The average molecular weight is 267 g/mol. The molecular weight excluding hydrogens is 255 g/mol. The first-order valence-electron chi connectivity index (χ1n) is 5.53. The molecule has 1 aromatic heterocycles. The molecule has 3 nitrogen and oxygen atoms in total. The van der Waals surface area contributed by atoms with Crippen molar-refractivity contribution >= 4 is 17.2 Å². The molecule has 0 aliphatic carbocycles. The zero-order valence-electron chi connectivity index (χ0n) is 10.1. The first-order valence-corrected chi connectivity index (χ1v) is 5.53. The molecule has 3 N–H and O–H groups in total. The fourth-order valence-corrected chi connectivity index (χ4v) is 1.68. The Labute approximate surface area is 108 Å². The van der Waals surface area contributed by atoms with Crippen molar-refractivity contribution in [3.63, 3.8) is 0 Å². The third-order valence-electron chi connectivity index (χ3n) is 2.66. The van der Waals surface area contributed by atoms with E-state index in [1.807, 2.05) is 0 Å². The van der Waals surface area contributed by atoms with Gasteiger partial charge in [0.05, 0.1) is 11.3 Å². The lowest BCUT2D eigenvalue weighted by Gasteiger charge is -2.13. The number of hydrogen-bond acceptors (Lipinski definition) is 3. The molecule has 100 valence electrons. The molecule has 19 heavy (non-hydrogen) atoms. The number of aromatic nitrogens is 1. The number of benzene rings is 1. The van der Waals surface area contributed by atoms with Gasteiger partial charge in [-0.3, -0.25) is 0 Å². The summed E-state index contributed by atoms with van der Waals surface area (Å²) in [5, 5.41) is 2.82. The van der Waals surface area contributed by atoms with Crippen LogP contribution in [0, 0.1) is 6.92 Å². The summed E-state index contributed by atoms with van der Waals surface area (Å²) >= 11 is 0. The van der Waals surface area contributed by atoms with Crippen LogP contribution < -0.4 is 11.1 Å². The number of pyridine rings is 1. The molecule has 0 radical (unpaired) electrons. The minimum Gasteiger partial charge on any atom is -0.382 e. The largest absolute Gasteiger partial charge is 0.416 e. The number of nitrogens with one attached hydrogen (secondary N) is 1. The number of nitrogens with two attached hydrogens (primary N) is 1. The van der Waals surface area contributed by atoms with Crippen LogP contribution in [0.4, 0.5) is 30.4 Å². The van der Waals surface area contributed by atoms with Gasteiger partial charge >= 0.3 is 6.18 Å². The van der Waals surface area contributed by atoms with E-state index in [0.717, 1.165) is 6.07 Å². The Hall–Kier alpha value is -2.24. The Balaban J connectivity index is 2.35. The smallest absolute Gasteiger partial charge is 0.382 e. The molecule has 2 rings (SSSR count). The number of aryl methyl sites for hydroxylation is 1. The van der Waals surface area contributed by atoms with Gasteiger partial charge in [0.15, 0.2) is 0 Å². The minimum absolute atomic E-state index is 0.178. The average Bonchev–Trinajstić information content (AvgIpc) is 2.33. The highest BCUT2D eigenvalue weighted by Crippen LogP contribution is 2.34. The van der Waals surface area contributed by atoms with Crippen LogP contribution in [0.3, 0.4) is 0 Å². The molecule has 0 spiro atoms. The summed E-state index contributed by atoms with van der Waals surface area (Å²) in [6, 6.07) is 7.34. The monoisotopic (exact) mass is 267 g/mol. The number of anilines is 3. The summed E-state index contributed by atoms with van der Waals surface area (Å²) in [5.41, 5.74) is 5.93. The van der Waals surface area contributed by atoms with Crippen LogP contribution in [0.2, 0.25) is 0 Å². The van der Waals surface area contributed by atoms with Crippen molar-refractivity contribution in [1.29, 1.82) is 0 Å². The third kappa shape index (κ3) is 2.96. The van der Waals surface area contributed by atoms with Crippen LogP contribution in [0.1, 0.15) is 11.1 Å². The Kier molecular flexibility index (Phi) is 3.33. The molecule has 6 heteroatoms. The summed E-state index contributed by atoms with van der Waals surface area (Å²) < 4.78 is 38.3. The van der Waals surface area contributed by atoms with Crippen molar-refractivity contribution in [3.05, 3.63) is 47.7 Å². The van der Waals surface area contributed by atoms with Gasteiger partial charge in [-0.05, 0) is 36.8 Å². The molecule has 0 amide bonds. The van der Waals surface area contributed by atoms with Gasteiger partial charge in [-0.1, -0.05) is 6.07 Å². The van der Waals surface area contributed by atoms with Crippen LogP contribution in [0.15, 0.2) is 36.5 Å². The van der Waals surface area contributed by atoms with Crippen LogP contribution in [0.5, 0.6) is 0 Å². The zero-order chi connectivity index (χ0) is 14.0. The highest BCUT2D eigenvalue weighted by atomic mass is 19.4. The Morgan fingerprint density at radius 2 is 1.95 bits per heavy atom. The second-order valence-corrected chi connectivity index (χ2v) is 4.09. The predicted molar refractivity (Wildman–Crippen MR) is 68.1 cm³/mol. The van der Waals surface area contributed by atoms with Gasteiger partial charge in [-0.2, -0.15) is 13.2 Å². The third-order valence-corrected chi connectivity index (χ3v) is 2.66. The topological polar surface area (TPSA) is 50.9 Å². The van der Waals surface area contributed by atoms with Crippen molar-refractivity contribution in [2.75, 3.05) is 11.1 Å². The van der Waals surface area contributed by atoms with E-state index in [0.29, 0.717) is 11.4 Å². The molecule has 0 fully saturated rings. The van der Waals surface area contributed by atoms with E-state index in [2.05, 4.69) is 10.3 Å². The summed E-state index contributed by atoms with van der Waals surface area (Å²) in [4.78, 5) is 3.86. The molecule has 0 aliphatic rings. The van der Waals surface area contributed by atoms with Gasteiger partial charge < -0.3 is 11.1 Å². The maximum Gasteiger partial charge on any atom is 0.416 e. The normalized spacial score (nSPS) is 11.4. The van der Waals surface area contributed by atoms with Crippen molar-refractivity contribution in [2.45, 2.75) is 13.1 Å². The van der Waals surface area contributed by atoms with E-state index in [1.165, 1.54) is 19.2 Å². The summed E-state index contributed by atoms with van der Waals surface area (Å²) in [7, 11) is 0. The van der Waals surface area contributed by atoms with E-state index in [9.17, 15) is 13.2 Å². The lowest BCUT2D eigenvalue weighted by molar-refractivity contribution is -0.138. The molecule has 1 heterocycles. The highest BCUT2D eigenvalue weighted by Gasteiger charge is 2.32. The van der Waals surface area contributed by atoms with Crippen LogP contribution >= 0.6 is 0 Å². The van der Waals surface area contributed by atoms with Gasteiger partial charge in [0.1, 0.15) is 5.82 Å². The summed E-state index contributed by atoms with van der Waals surface area (Å²) in [6.45, 7) is 1.42. The number of nitrogen functional groups attached to an aromatic ring is 1. The SMILES string of the molecule is Cc1ccc(Nc2cccnc2N)cc1C(F)(F)F. The number of rotatable bonds is 2. The van der Waals surface area contributed by atoms with E-state index < -0.39 is 11.7 Å². The maximum atomic E-state index is 12.8. The summed E-state index contributed by atoms with van der Waals surface area (Å²) in [6.07, 6.45) is -2.86. The van der Waals surface area contributed by atoms with Crippen LogP contribution in [-0.2, 0) is 6.18 Å². The Morgan fingerprint density at radius 1 is 1.21 bits per heavy atom. The second kappa shape index (κ2) is 4.79. The van der Waals surface area contributed by atoms with E-state index in [4.69, 9.17) is 5.73 Å². The lowest BCUT2D eigenvalue weighted by atomic mass is 10.1. The molecule has 2 aromatic rings. The van der Waals surface area contributed by atoms with Crippen LogP contribution in [-0.4, -0.2) is 4.98 Å². The Bertz CT molecular complexity index is 594. The Morgan fingerprint density at radius 3 is 2.58 bits per heavy atom. The van der Waals surface area contributed by atoms with E-state index in [1.54, 1.807) is 18.2 Å². The number of halogens is 3. The van der Waals surface area contributed by atoms with E-state index >= 15 is 0 Å². The van der Waals surface area contributed by atoms with Gasteiger partial charge in [-0.25, -0.2) is 4.98 Å². The maximum absolute atomic E-state index is 12.8. The van der Waals surface area contributed by atoms with E-state index in [-0.39, 0.29) is 11.4 Å². The highest BCUT2D eigenvalue weighted by molar-refractivity contribution is 5.69. The fourth-order valence-electron chi connectivity index (χ4n) is 1.68. The molecule has 0 atom stereocenters. The number of hydrogen-bond donors (Lipinski definition) is 2. The molecule has 0 saturated heterocycles. The summed E-state index contributed by atoms with van der Waals surface area (Å²) in [5.74, 6) is 0.233. The number of alkyl halides is 3. The molecule has 0 unspecified atom stereocenters. The first kappa shape index (κ1) is 13.2. The second-order valence-electron chi connectivity index (χ2n) is 4.09. The van der Waals surface area contributed by atoms with Gasteiger partial charge in [-0.15, -0.1) is 0 Å². The predicted octanol–water partition coefficient (Wildman–Crippen LogP) is 3.73. The number of nitrogens with zero attached hydrogens (tertiary/aromatic N) is 1. The zero-order valence-corrected chi connectivity index (χ0v) is 10.1. The van der Waals surface area contributed by atoms with Gasteiger partial charge in [0.25, 0.3) is 0 Å². The van der Waals surface area contributed by atoms with Gasteiger partial charge in [0, 0.05) is 11.9 Å². The fraction of sp³-hybridized carbons (Fsp3) is 0.154. The molecular formula is C13H12F3N3. The first-order chi connectivity index (χ1) is 8.88. The molecule has 1 aromatic carbocycles.